The molecular weight excluding hydrogens is 270 g/mol. The Labute approximate surface area is 124 Å². The highest BCUT2D eigenvalue weighted by Gasteiger charge is 2.07. The van der Waals surface area contributed by atoms with Crippen LogP contribution in [-0.4, -0.2) is 18.5 Å². The Balaban J connectivity index is 2.10. The van der Waals surface area contributed by atoms with Gasteiger partial charge < -0.3 is 15.2 Å². The molecule has 0 bridgehead atoms. The third kappa shape index (κ3) is 3.39. The lowest BCUT2D eigenvalue weighted by Gasteiger charge is -2.16. The standard InChI is InChI=1S/C16H19NO2S/c1-11(12-4-7-14(20-3)8-5-12)17-13-6-9-16(19-2)15(18)10-13/h4-11,17-18H,1-3H3. The normalized spacial score (nSPS) is 11.9. The van der Waals surface area contributed by atoms with E-state index in [4.69, 9.17) is 4.74 Å². The molecule has 106 valence electrons. The van der Waals surface area contributed by atoms with Gasteiger partial charge in [0.05, 0.1) is 7.11 Å². The maximum absolute atomic E-state index is 9.78. The first-order valence-corrected chi connectivity index (χ1v) is 7.64. The summed E-state index contributed by atoms with van der Waals surface area (Å²) in [5.74, 6) is 0.620. The van der Waals surface area contributed by atoms with Crippen LogP contribution in [0.5, 0.6) is 11.5 Å². The molecule has 2 rings (SSSR count). The van der Waals surface area contributed by atoms with E-state index in [1.54, 1.807) is 23.9 Å². The summed E-state index contributed by atoms with van der Waals surface area (Å²) < 4.78 is 5.04. The van der Waals surface area contributed by atoms with E-state index < -0.39 is 0 Å². The molecule has 0 amide bonds. The van der Waals surface area contributed by atoms with Crippen LogP contribution >= 0.6 is 11.8 Å². The summed E-state index contributed by atoms with van der Waals surface area (Å²) in [7, 11) is 1.54. The van der Waals surface area contributed by atoms with E-state index in [9.17, 15) is 5.11 Å². The number of hydrogen-bond donors (Lipinski definition) is 2. The minimum atomic E-state index is 0.141. The number of rotatable bonds is 5. The summed E-state index contributed by atoms with van der Waals surface area (Å²) in [6.45, 7) is 2.09. The number of anilines is 1. The van der Waals surface area contributed by atoms with Gasteiger partial charge in [0.2, 0.25) is 0 Å². The van der Waals surface area contributed by atoms with Crippen molar-refractivity contribution < 1.29 is 9.84 Å². The molecule has 0 aromatic heterocycles. The molecule has 0 aliphatic carbocycles. The van der Waals surface area contributed by atoms with Crippen molar-refractivity contribution in [2.45, 2.75) is 17.9 Å². The zero-order valence-electron chi connectivity index (χ0n) is 11.9. The van der Waals surface area contributed by atoms with Gasteiger partial charge in [0.15, 0.2) is 11.5 Å². The van der Waals surface area contributed by atoms with E-state index in [0.29, 0.717) is 5.75 Å². The van der Waals surface area contributed by atoms with Crippen molar-refractivity contribution in [1.82, 2.24) is 0 Å². The number of hydrogen-bond acceptors (Lipinski definition) is 4. The molecule has 0 aliphatic rings. The number of nitrogens with one attached hydrogen (secondary N) is 1. The molecule has 1 atom stereocenters. The molecule has 0 saturated heterocycles. The first kappa shape index (κ1) is 14.6. The summed E-state index contributed by atoms with van der Waals surface area (Å²) in [4.78, 5) is 1.25. The van der Waals surface area contributed by atoms with E-state index in [1.165, 1.54) is 17.6 Å². The SMILES string of the molecule is COc1ccc(NC(C)c2ccc(SC)cc2)cc1O. The molecule has 0 aliphatic heterocycles. The maximum Gasteiger partial charge on any atom is 0.160 e. The smallest absolute Gasteiger partial charge is 0.160 e. The summed E-state index contributed by atoms with van der Waals surface area (Å²) in [5, 5.41) is 13.1. The average Bonchev–Trinajstić information content (AvgIpc) is 2.47. The molecule has 0 heterocycles. The van der Waals surface area contributed by atoms with Gasteiger partial charge in [-0.25, -0.2) is 0 Å². The number of phenolic OH excluding ortho intramolecular Hbond substituents is 1. The Hall–Kier alpha value is -1.81. The summed E-state index contributed by atoms with van der Waals surface area (Å²) in [6.07, 6.45) is 2.07. The van der Waals surface area contributed by atoms with Crippen molar-refractivity contribution in [1.29, 1.82) is 0 Å². The van der Waals surface area contributed by atoms with Gasteiger partial charge in [0.25, 0.3) is 0 Å². The van der Waals surface area contributed by atoms with Gasteiger partial charge >= 0.3 is 0 Å². The van der Waals surface area contributed by atoms with Gasteiger partial charge in [-0.15, -0.1) is 11.8 Å². The number of thioether (sulfide) groups is 1. The highest BCUT2D eigenvalue weighted by molar-refractivity contribution is 7.98. The predicted octanol–water partition coefficient (Wildman–Crippen LogP) is 4.30. The lowest BCUT2D eigenvalue weighted by molar-refractivity contribution is 0.373. The molecule has 4 heteroatoms. The molecule has 0 saturated carbocycles. The van der Waals surface area contributed by atoms with Gasteiger partial charge in [0, 0.05) is 22.7 Å². The maximum atomic E-state index is 9.78. The fraction of sp³-hybridized carbons (Fsp3) is 0.250. The third-order valence-corrected chi connectivity index (χ3v) is 3.92. The number of benzene rings is 2. The minimum absolute atomic E-state index is 0.141. The summed E-state index contributed by atoms with van der Waals surface area (Å²) in [6, 6.07) is 13.9. The van der Waals surface area contributed by atoms with Crippen molar-refractivity contribution in [2.24, 2.45) is 0 Å². The van der Waals surface area contributed by atoms with Crippen LogP contribution in [0.3, 0.4) is 0 Å². The van der Waals surface area contributed by atoms with E-state index in [1.807, 2.05) is 6.07 Å². The monoisotopic (exact) mass is 289 g/mol. The quantitative estimate of drug-likeness (QED) is 0.805. The van der Waals surface area contributed by atoms with Gasteiger partial charge in [-0.05, 0) is 43.0 Å². The van der Waals surface area contributed by atoms with Crippen LogP contribution < -0.4 is 10.1 Å². The Morgan fingerprint density at radius 2 is 1.85 bits per heavy atom. The van der Waals surface area contributed by atoms with Crippen molar-refractivity contribution in [3.05, 3.63) is 48.0 Å². The van der Waals surface area contributed by atoms with Crippen LogP contribution in [0.2, 0.25) is 0 Å². The fourth-order valence-corrected chi connectivity index (χ4v) is 2.41. The van der Waals surface area contributed by atoms with Gasteiger partial charge in [-0.2, -0.15) is 0 Å². The lowest BCUT2D eigenvalue weighted by Crippen LogP contribution is -2.06. The molecule has 0 radical (unpaired) electrons. The zero-order chi connectivity index (χ0) is 14.5. The van der Waals surface area contributed by atoms with Crippen LogP contribution in [-0.2, 0) is 0 Å². The summed E-state index contributed by atoms with van der Waals surface area (Å²) in [5.41, 5.74) is 2.07. The van der Waals surface area contributed by atoms with Crippen molar-refractivity contribution >= 4 is 17.4 Å². The molecule has 0 spiro atoms. The second-order valence-electron chi connectivity index (χ2n) is 4.53. The van der Waals surface area contributed by atoms with Gasteiger partial charge in [-0.3, -0.25) is 0 Å². The zero-order valence-corrected chi connectivity index (χ0v) is 12.7. The van der Waals surface area contributed by atoms with Crippen molar-refractivity contribution in [3.8, 4) is 11.5 Å². The second kappa shape index (κ2) is 6.57. The minimum Gasteiger partial charge on any atom is -0.504 e. The summed E-state index contributed by atoms with van der Waals surface area (Å²) >= 11 is 1.73. The topological polar surface area (TPSA) is 41.5 Å². The molecule has 0 fully saturated rings. The fourth-order valence-electron chi connectivity index (χ4n) is 2.01. The van der Waals surface area contributed by atoms with Crippen LogP contribution in [0, 0.1) is 0 Å². The number of aromatic hydroxyl groups is 1. The molecule has 2 N–H and O–H groups in total. The van der Waals surface area contributed by atoms with Crippen LogP contribution in [0.15, 0.2) is 47.4 Å². The number of methoxy groups -OCH3 is 1. The second-order valence-corrected chi connectivity index (χ2v) is 5.41. The first-order valence-electron chi connectivity index (χ1n) is 6.41. The predicted molar refractivity (Wildman–Crippen MR) is 84.9 cm³/mol. The van der Waals surface area contributed by atoms with E-state index in [-0.39, 0.29) is 11.8 Å². The third-order valence-electron chi connectivity index (χ3n) is 3.18. The van der Waals surface area contributed by atoms with Crippen LogP contribution in [0.4, 0.5) is 5.69 Å². The Morgan fingerprint density at radius 1 is 1.15 bits per heavy atom. The molecular formula is C16H19NO2S. The Morgan fingerprint density at radius 3 is 2.40 bits per heavy atom. The molecule has 20 heavy (non-hydrogen) atoms. The van der Waals surface area contributed by atoms with Crippen molar-refractivity contribution in [3.63, 3.8) is 0 Å². The van der Waals surface area contributed by atoms with Crippen molar-refractivity contribution in [2.75, 3.05) is 18.7 Å². The molecule has 2 aromatic rings. The Kier molecular flexibility index (Phi) is 4.79. The molecule has 3 nitrogen and oxygen atoms in total. The highest BCUT2D eigenvalue weighted by Crippen LogP contribution is 2.30. The Bertz CT molecular complexity index is 569. The number of phenols is 1. The van der Waals surface area contributed by atoms with Gasteiger partial charge in [0.1, 0.15) is 0 Å². The first-order chi connectivity index (χ1) is 9.63. The molecule has 1 unspecified atom stereocenters. The van der Waals surface area contributed by atoms with Gasteiger partial charge in [-0.1, -0.05) is 12.1 Å². The lowest BCUT2D eigenvalue weighted by atomic mass is 10.1. The van der Waals surface area contributed by atoms with Crippen LogP contribution in [0.1, 0.15) is 18.5 Å². The van der Waals surface area contributed by atoms with E-state index in [2.05, 4.69) is 42.8 Å². The number of ether oxygens (including phenoxy) is 1. The van der Waals surface area contributed by atoms with E-state index >= 15 is 0 Å². The molecule has 2 aromatic carbocycles. The van der Waals surface area contributed by atoms with E-state index in [0.717, 1.165) is 5.69 Å². The largest absolute Gasteiger partial charge is 0.504 e. The highest BCUT2D eigenvalue weighted by atomic mass is 32.2. The average molecular weight is 289 g/mol. The van der Waals surface area contributed by atoms with Crippen LogP contribution in [0.25, 0.3) is 0 Å².